The second kappa shape index (κ2) is 5.54. The summed E-state index contributed by atoms with van der Waals surface area (Å²) in [5, 5.41) is 2.98. The Kier molecular flexibility index (Phi) is 4.04. The van der Waals surface area contributed by atoms with E-state index < -0.39 is 11.9 Å². The Morgan fingerprint density at radius 1 is 1.22 bits per heavy atom. The zero-order valence-corrected chi connectivity index (χ0v) is 11.2. The molecule has 5 heteroatoms. The maximum atomic E-state index is 13.8. The Morgan fingerprint density at radius 3 is 2.61 bits per heavy atom. The number of rotatable bonds is 3. The summed E-state index contributed by atoms with van der Waals surface area (Å²) in [7, 11) is 1.70. The van der Waals surface area contributed by atoms with E-state index >= 15 is 0 Å². The average Bonchev–Trinajstić information content (AvgIpc) is 2.37. The van der Waals surface area contributed by atoms with Crippen molar-refractivity contribution in [3.8, 4) is 0 Å². The molecule has 1 atom stereocenters. The second-order valence-corrected chi connectivity index (χ2v) is 4.70. The smallest absolute Gasteiger partial charge is 0.141 e. The minimum Gasteiger partial charge on any atom is -0.308 e. The number of pyridine rings is 1. The van der Waals surface area contributed by atoms with Gasteiger partial charge in [-0.2, -0.15) is 0 Å². The fraction of sp³-hybridized carbons (Fsp3) is 0.154. The van der Waals surface area contributed by atoms with E-state index in [9.17, 15) is 8.78 Å². The van der Waals surface area contributed by atoms with Gasteiger partial charge in [-0.15, -0.1) is 0 Å². The number of benzene rings is 1. The number of aromatic nitrogens is 1. The first-order valence-corrected chi connectivity index (χ1v) is 6.15. The molecule has 0 spiro atoms. The van der Waals surface area contributed by atoms with Gasteiger partial charge in [0.05, 0.1) is 17.9 Å². The number of halogens is 3. The quantitative estimate of drug-likeness (QED) is 0.939. The van der Waals surface area contributed by atoms with Gasteiger partial charge in [-0.25, -0.2) is 8.78 Å². The van der Waals surface area contributed by atoms with Crippen LogP contribution in [0.25, 0.3) is 0 Å². The van der Waals surface area contributed by atoms with Crippen LogP contribution in [0.15, 0.2) is 41.0 Å². The van der Waals surface area contributed by atoms with Crippen molar-refractivity contribution in [2.45, 2.75) is 6.04 Å². The molecule has 1 heterocycles. The third-order valence-electron chi connectivity index (χ3n) is 2.60. The summed E-state index contributed by atoms with van der Waals surface area (Å²) in [6, 6.07) is 7.13. The summed E-state index contributed by atoms with van der Waals surface area (Å²) in [6.45, 7) is 0. The molecule has 2 aromatic rings. The zero-order valence-electron chi connectivity index (χ0n) is 9.62. The van der Waals surface area contributed by atoms with Crippen LogP contribution >= 0.6 is 15.9 Å². The Bertz CT molecular complexity index is 543. The lowest BCUT2D eigenvalue weighted by atomic mass is 10.0. The van der Waals surface area contributed by atoms with Crippen LogP contribution in [0.1, 0.15) is 17.3 Å². The fourth-order valence-electron chi connectivity index (χ4n) is 1.76. The van der Waals surface area contributed by atoms with Crippen LogP contribution in [0.4, 0.5) is 8.78 Å². The largest absolute Gasteiger partial charge is 0.308 e. The standard InChI is InChI=1S/C13H11BrF2N2/c1-17-13(12-5-3-9(15)7-18-12)10-6-8(14)2-4-11(10)16/h2-7,13,17H,1H3. The van der Waals surface area contributed by atoms with Gasteiger partial charge in [0, 0.05) is 10.0 Å². The average molecular weight is 313 g/mol. The van der Waals surface area contributed by atoms with Crippen molar-refractivity contribution in [2.24, 2.45) is 0 Å². The van der Waals surface area contributed by atoms with Gasteiger partial charge in [0.1, 0.15) is 11.6 Å². The van der Waals surface area contributed by atoms with Crippen molar-refractivity contribution >= 4 is 15.9 Å². The van der Waals surface area contributed by atoms with Crippen LogP contribution in [0.5, 0.6) is 0 Å². The molecule has 0 fully saturated rings. The molecule has 0 amide bonds. The molecule has 0 radical (unpaired) electrons. The molecule has 2 rings (SSSR count). The summed E-state index contributed by atoms with van der Waals surface area (Å²) >= 11 is 3.30. The van der Waals surface area contributed by atoms with Crippen molar-refractivity contribution in [2.75, 3.05) is 7.05 Å². The predicted octanol–water partition coefficient (Wildman–Crippen LogP) is 3.43. The van der Waals surface area contributed by atoms with Crippen LogP contribution in [-0.2, 0) is 0 Å². The van der Waals surface area contributed by atoms with E-state index in [0.29, 0.717) is 11.3 Å². The molecular formula is C13H11BrF2N2. The minimum atomic E-state index is -0.414. The second-order valence-electron chi connectivity index (χ2n) is 3.79. The number of nitrogens with zero attached hydrogens (tertiary/aromatic N) is 1. The van der Waals surface area contributed by atoms with Crippen LogP contribution in [0, 0.1) is 11.6 Å². The molecule has 2 nitrogen and oxygen atoms in total. The molecule has 0 saturated heterocycles. The van der Waals surface area contributed by atoms with Crippen molar-refractivity contribution in [3.63, 3.8) is 0 Å². The van der Waals surface area contributed by atoms with Gasteiger partial charge in [-0.05, 0) is 37.4 Å². The van der Waals surface area contributed by atoms with Gasteiger partial charge >= 0.3 is 0 Å². The zero-order chi connectivity index (χ0) is 13.1. The fourth-order valence-corrected chi connectivity index (χ4v) is 2.14. The maximum absolute atomic E-state index is 13.8. The monoisotopic (exact) mass is 312 g/mol. The van der Waals surface area contributed by atoms with Crippen LogP contribution < -0.4 is 5.32 Å². The third-order valence-corrected chi connectivity index (χ3v) is 3.10. The van der Waals surface area contributed by atoms with Crippen LogP contribution in [0.3, 0.4) is 0 Å². The van der Waals surface area contributed by atoms with Crippen LogP contribution in [-0.4, -0.2) is 12.0 Å². The summed E-state index contributed by atoms with van der Waals surface area (Å²) in [6.07, 6.45) is 1.12. The predicted molar refractivity (Wildman–Crippen MR) is 69.2 cm³/mol. The molecule has 1 unspecified atom stereocenters. The third kappa shape index (κ3) is 2.73. The molecule has 0 aliphatic carbocycles. The highest BCUT2D eigenvalue weighted by Crippen LogP contribution is 2.25. The van der Waals surface area contributed by atoms with E-state index in [1.807, 2.05) is 0 Å². The number of hydrogen-bond acceptors (Lipinski definition) is 2. The molecule has 1 aromatic heterocycles. The van der Waals surface area contributed by atoms with E-state index in [-0.39, 0.29) is 5.82 Å². The lowest BCUT2D eigenvalue weighted by Crippen LogP contribution is -2.20. The van der Waals surface area contributed by atoms with Gasteiger partial charge in [-0.3, -0.25) is 4.98 Å². The van der Waals surface area contributed by atoms with Gasteiger partial charge in [0.25, 0.3) is 0 Å². The number of nitrogens with one attached hydrogen (secondary N) is 1. The maximum Gasteiger partial charge on any atom is 0.141 e. The molecule has 0 aliphatic heterocycles. The normalized spacial score (nSPS) is 12.4. The first-order chi connectivity index (χ1) is 8.61. The molecule has 0 bridgehead atoms. The highest BCUT2D eigenvalue weighted by Gasteiger charge is 2.17. The summed E-state index contributed by atoms with van der Waals surface area (Å²) in [5.74, 6) is -0.744. The van der Waals surface area contributed by atoms with E-state index in [0.717, 1.165) is 10.7 Å². The van der Waals surface area contributed by atoms with Gasteiger partial charge in [0.2, 0.25) is 0 Å². The van der Waals surface area contributed by atoms with Crippen LogP contribution in [0.2, 0.25) is 0 Å². The van der Waals surface area contributed by atoms with E-state index in [2.05, 4.69) is 26.2 Å². The van der Waals surface area contributed by atoms with Gasteiger partial charge in [-0.1, -0.05) is 15.9 Å². The Balaban J connectivity index is 2.44. The Labute approximate surface area is 112 Å². The highest BCUT2D eigenvalue weighted by molar-refractivity contribution is 9.10. The van der Waals surface area contributed by atoms with E-state index in [1.165, 1.54) is 18.2 Å². The molecule has 18 heavy (non-hydrogen) atoms. The highest BCUT2D eigenvalue weighted by atomic mass is 79.9. The summed E-state index contributed by atoms with van der Waals surface area (Å²) in [5.41, 5.74) is 1.03. The topological polar surface area (TPSA) is 24.9 Å². The van der Waals surface area contributed by atoms with Crippen molar-refractivity contribution < 1.29 is 8.78 Å². The summed E-state index contributed by atoms with van der Waals surface area (Å²) in [4.78, 5) is 3.98. The SMILES string of the molecule is CNC(c1ccc(F)cn1)c1cc(Br)ccc1F. The van der Waals surface area contributed by atoms with Gasteiger partial charge in [0.15, 0.2) is 0 Å². The first-order valence-electron chi connectivity index (χ1n) is 5.35. The molecule has 0 aliphatic rings. The molecule has 1 aromatic carbocycles. The molecule has 1 N–H and O–H groups in total. The number of hydrogen-bond donors (Lipinski definition) is 1. The lowest BCUT2D eigenvalue weighted by molar-refractivity contribution is 0.566. The van der Waals surface area contributed by atoms with Crippen molar-refractivity contribution in [3.05, 3.63) is 63.9 Å². The molecular weight excluding hydrogens is 302 g/mol. The van der Waals surface area contributed by atoms with E-state index in [1.54, 1.807) is 19.2 Å². The van der Waals surface area contributed by atoms with Crippen molar-refractivity contribution in [1.29, 1.82) is 0 Å². The Hall–Kier alpha value is -1.33. The lowest BCUT2D eigenvalue weighted by Gasteiger charge is -2.17. The van der Waals surface area contributed by atoms with Gasteiger partial charge < -0.3 is 5.32 Å². The summed E-state index contributed by atoms with van der Waals surface area (Å²) < 4.78 is 27.4. The first kappa shape index (κ1) is 13.1. The molecule has 0 saturated carbocycles. The minimum absolute atomic E-state index is 0.330. The molecule has 94 valence electrons. The van der Waals surface area contributed by atoms with E-state index in [4.69, 9.17) is 0 Å². The van der Waals surface area contributed by atoms with Crippen molar-refractivity contribution in [1.82, 2.24) is 10.3 Å². The Morgan fingerprint density at radius 2 is 2.00 bits per heavy atom.